The average molecular weight is 378 g/mol. The number of nitrogens with one attached hydrogen (secondary N) is 2. The highest BCUT2D eigenvalue weighted by Crippen LogP contribution is 2.26. The quantitative estimate of drug-likeness (QED) is 0.697. The Morgan fingerprint density at radius 2 is 1.86 bits per heavy atom. The van der Waals surface area contributed by atoms with Gasteiger partial charge in [0.1, 0.15) is 11.3 Å². The van der Waals surface area contributed by atoms with E-state index in [4.69, 9.17) is 0 Å². The molecule has 1 aromatic heterocycles. The fourth-order valence-corrected chi connectivity index (χ4v) is 3.44. The van der Waals surface area contributed by atoms with Crippen molar-refractivity contribution >= 4 is 28.4 Å². The Balaban J connectivity index is 1.45. The van der Waals surface area contributed by atoms with Crippen LogP contribution in [0.2, 0.25) is 0 Å². The second-order valence-electron chi connectivity index (χ2n) is 7.19. The summed E-state index contributed by atoms with van der Waals surface area (Å²) in [6.45, 7) is 4.34. The maximum Gasteiger partial charge on any atom is 0.319 e. The van der Waals surface area contributed by atoms with E-state index < -0.39 is 5.82 Å². The van der Waals surface area contributed by atoms with Gasteiger partial charge in [-0.1, -0.05) is 29.8 Å². The van der Waals surface area contributed by atoms with E-state index in [1.807, 2.05) is 43.3 Å². The predicted molar refractivity (Wildman–Crippen MR) is 110 cm³/mol. The van der Waals surface area contributed by atoms with Crippen LogP contribution in [-0.2, 0) is 6.54 Å². The highest BCUT2D eigenvalue weighted by atomic mass is 19.1. The van der Waals surface area contributed by atoms with Crippen LogP contribution in [0.1, 0.15) is 24.0 Å². The molecule has 2 amide bonds. The van der Waals surface area contributed by atoms with Gasteiger partial charge in [-0.05, 0) is 49.6 Å². The van der Waals surface area contributed by atoms with Crippen LogP contribution in [0.25, 0.3) is 10.9 Å². The van der Waals surface area contributed by atoms with Gasteiger partial charge in [0.25, 0.3) is 0 Å². The molecular weight excluding hydrogens is 355 g/mol. The van der Waals surface area contributed by atoms with E-state index in [1.54, 1.807) is 6.07 Å². The molecule has 0 saturated carbocycles. The lowest BCUT2D eigenvalue weighted by Gasteiger charge is -2.17. The number of benzene rings is 2. The molecule has 0 radical (unpaired) electrons. The highest BCUT2D eigenvalue weighted by molar-refractivity contribution is 5.93. The Hall–Kier alpha value is -3.15. The van der Waals surface area contributed by atoms with Crippen LogP contribution >= 0.6 is 0 Å². The van der Waals surface area contributed by atoms with E-state index in [0.29, 0.717) is 23.1 Å². The zero-order valence-corrected chi connectivity index (χ0v) is 15.8. The van der Waals surface area contributed by atoms with E-state index in [9.17, 15) is 9.18 Å². The third kappa shape index (κ3) is 4.06. The molecule has 4 rings (SSSR count). The Bertz CT molecular complexity index is 997. The standard InChI is InChI=1S/C22H23FN4O/c1-15-4-6-16(7-5-15)14-24-22(28)25-18-12-17-8-9-20(27-10-2-3-11-27)26-21(17)19(23)13-18/h4-9,12-13H,2-3,10-11,14H2,1H3,(H2,24,25,28). The first kappa shape index (κ1) is 18.2. The number of hydrogen-bond acceptors (Lipinski definition) is 3. The molecule has 3 aromatic rings. The van der Waals surface area contributed by atoms with Gasteiger partial charge >= 0.3 is 6.03 Å². The molecule has 5 nitrogen and oxygen atoms in total. The van der Waals surface area contributed by atoms with Crippen LogP contribution in [0.4, 0.5) is 20.7 Å². The summed E-state index contributed by atoms with van der Waals surface area (Å²) >= 11 is 0. The Kier molecular flexibility index (Phi) is 5.10. The van der Waals surface area contributed by atoms with Gasteiger partial charge in [-0.3, -0.25) is 0 Å². The largest absolute Gasteiger partial charge is 0.357 e. The molecule has 1 saturated heterocycles. The summed E-state index contributed by atoms with van der Waals surface area (Å²) in [6, 6.07) is 14.4. The van der Waals surface area contributed by atoms with Crippen LogP contribution in [0, 0.1) is 12.7 Å². The van der Waals surface area contributed by atoms with Gasteiger partial charge in [-0.25, -0.2) is 14.2 Å². The van der Waals surface area contributed by atoms with Gasteiger partial charge in [-0.15, -0.1) is 0 Å². The fraction of sp³-hybridized carbons (Fsp3) is 0.273. The molecule has 2 N–H and O–H groups in total. The van der Waals surface area contributed by atoms with Crippen LogP contribution < -0.4 is 15.5 Å². The van der Waals surface area contributed by atoms with Gasteiger partial charge in [0, 0.05) is 30.7 Å². The number of rotatable bonds is 4. The maximum atomic E-state index is 14.6. The summed E-state index contributed by atoms with van der Waals surface area (Å²) in [5.74, 6) is 0.368. The van der Waals surface area contributed by atoms with E-state index in [0.717, 1.165) is 37.3 Å². The van der Waals surface area contributed by atoms with Crippen LogP contribution in [0.5, 0.6) is 0 Å². The zero-order valence-electron chi connectivity index (χ0n) is 15.8. The van der Waals surface area contributed by atoms with E-state index in [2.05, 4.69) is 20.5 Å². The number of anilines is 2. The van der Waals surface area contributed by atoms with Gasteiger partial charge in [-0.2, -0.15) is 0 Å². The average Bonchev–Trinajstić information content (AvgIpc) is 3.22. The number of amides is 2. The summed E-state index contributed by atoms with van der Waals surface area (Å²) in [4.78, 5) is 18.8. The van der Waals surface area contributed by atoms with Crippen molar-refractivity contribution < 1.29 is 9.18 Å². The molecule has 0 aliphatic carbocycles. The minimum Gasteiger partial charge on any atom is -0.357 e. The third-order valence-corrected chi connectivity index (χ3v) is 4.99. The number of halogens is 1. The van der Waals surface area contributed by atoms with Crippen molar-refractivity contribution in [1.82, 2.24) is 10.3 Å². The predicted octanol–water partition coefficient (Wildman–Crippen LogP) is 4.60. The second-order valence-corrected chi connectivity index (χ2v) is 7.19. The molecular formula is C22H23FN4O. The number of nitrogens with zero attached hydrogens (tertiary/aromatic N) is 2. The highest BCUT2D eigenvalue weighted by Gasteiger charge is 2.15. The lowest BCUT2D eigenvalue weighted by Crippen LogP contribution is -2.28. The molecule has 1 fully saturated rings. The monoisotopic (exact) mass is 378 g/mol. The Morgan fingerprint density at radius 1 is 1.11 bits per heavy atom. The van der Waals surface area contributed by atoms with Crippen molar-refractivity contribution in [3.63, 3.8) is 0 Å². The maximum absolute atomic E-state index is 14.6. The van der Waals surface area contributed by atoms with Gasteiger partial charge < -0.3 is 15.5 Å². The molecule has 28 heavy (non-hydrogen) atoms. The minimum atomic E-state index is -0.438. The first-order valence-electron chi connectivity index (χ1n) is 9.54. The van der Waals surface area contributed by atoms with Crippen LogP contribution in [0.15, 0.2) is 48.5 Å². The molecule has 144 valence electrons. The molecule has 6 heteroatoms. The summed E-state index contributed by atoms with van der Waals surface area (Å²) in [6.07, 6.45) is 2.28. The van der Waals surface area contributed by atoms with E-state index in [1.165, 1.54) is 11.6 Å². The lowest BCUT2D eigenvalue weighted by molar-refractivity contribution is 0.251. The zero-order chi connectivity index (χ0) is 19.5. The number of aryl methyl sites for hydroxylation is 1. The van der Waals surface area contributed by atoms with Crippen molar-refractivity contribution in [2.75, 3.05) is 23.3 Å². The topological polar surface area (TPSA) is 57.3 Å². The molecule has 1 aliphatic heterocycles. The van der Waals surface area contributed by atoms with Crippen molar-refractivity contribution in [3.8, 4) is 0 Å². The van der Waals surface area contributed by atoms with E-state index in [-0.39, 0.29) is 6.03 Å². The summed E-state index contributed by atoms with van der Waals surface area (Å²) in [7, 11) is 0. The van der Waals surface area contributed by atoms with Crippen molar-refractivity contribution in [3.05, 3.63) is 65.5 Å². The minimum absolute atomic E-state index is 0.329. The lowest BCUT2D eigenvalue weighted by atomic mass is 10.1. The SMILES string of the molecule is Cc1ccc(CNC(=O)Nc2cc(F)c3nc(N4CCCC4)ccc3c2)cc1. The number of fused-ring (bicyclic) bond motifs is 1. The van der Waals surface area contributed by atoms with Gasteiger partial charge in [0.15, 0.2) is 5.82 Å². The normalized spacial score (nSPS) is 13.7. The summed E-state index contributed by atoms with van der Waals surface area (Å²) < 4.78 is 14.6. The number of carbonyl (C=O) groups is 1. The number of hydrogen-bond donors (Lipinski definition) is 2. The number of pyridine rings is 1. The molecule has 0 spiro atoms. The number of aromatic nitrogens is 1. The van der Waals surface area contributed by atoms with Crippen LogP contribution in [0.3, 0.4) is 0 Å². The van der Waals surface area contributed by atoms with Crippen molar-refractivity contribution in [2.45, 2.75) is 26.3 Å². The first-order valence-corrected chi connectivity index (χ1v) is 9.54. The molecule has 2 aromatic carbocycles. The van der Waals surface area contributed by atoms with Gasteiger partial charge in [0.2, 0.25) is 0 Å². The second kappa shape index (κ2) is 7.84. The van der Waals surface area contributed by atoms with Crippen LogP contribution in [-0.4, -0.2) is 24.1 Å². The summed E-state index contributed by atoms with van der Waals surface area (Å²) in [5, 5.41) is 6.15. The van der Waals surface area contributed by atoms with Crippen molar-refractivity contribution in [1.29, 1.82) is 0 Å². The fourth-order valence-electron chi connectivity index (χ4n) is 3.44. The van der Waals surface area contributed by atoms with E-state index >= 15 is 0 Å². The summed E-state index contributed by atoms with van der Waals surface area (Å²) in [5.41, 5.74) is 2.91. The Labute approximate surface area is 163 Å². The number of urea groups is 1. The van der Waals surface area contributed by atoms with Gasteiger partial charge in [0.05, 0.1) is 0 Å². The molecule has 0 atom stereocenters. The molecule has 1 aliphatic rings. The molecule has 2 heterocycles. The first-order chi connectivity index (χ1) is 13.6. The van der Waals surface area contributed by atoms with Crippen molar-refractivity contribution in [2.24, 2.45) is 0 Å². The molecule has 0 unspecified atom stereocenters. The third-order valence-electron chi connectivity index (χ3n) is 4.99. The smallest absolute Gasteiger partial charge is 0.319 e. The number of carbonyl (C=O) groups excluding carboxylic acids is 1. The Morgan fingerprint density at radius 3 is 2.61 bits per heavy atom. The molecule has 0 bridgehead atoms.